The lowest BCUT2D eigenvalue weighted by Crippen LogP contribution is -2.09. The number of benzene rings is 1. The van der Waals surface area contributed by atoms with E-state index in [1.165, 1.54) is 6.42 Å². The van der Waals surface area contributed by atoms with Gasteiger partial charge in [-0.1, -0.05) is 57.0 Å². The van der Waals surface area contributed by atoms with E-state index in [1.807, 2.05) is 41.1 Å². The quantitative estimate of drug-likeness (QED) is 0.744. The lowest BCUT2D eigenvalue weighted by Gasteiger charge is -2.13. The van der Waals surface area contributed by atoms with Crippen molar-refractivity contribution < 1.29 is 5.11 Å². The summed E-state index contributed by atoms with van der Waals surface area (Å²) < 4.78 is 2.03. The Morgan fingerprint density at radius 2 is 1.82 bits per heavy atom. The lowest BCUT2D eigenvalue weighted by atomic mass is 10.1. The molecule has 1 aromatic heterocycles. The van der Waals surface area contributed by atoms with E-state index in [9.17, 15) is 5.11 Å². The molecule has 0 bridgehead atoms. The fourth-order valence-electron chi connectivity index (χ4n) is 2.00. The van der Waals surface area contributed by atoms with E-state index in [0.717, 1.165) is 43.1 Å². The first-order valence-corrected chi connectivity index (χ1v) is 8.58. The maximum Gasteiger partial charge on any atom is 0.142 e. The number of hydrogen-bond donors (Lipinski definition) is 1. The van der Waals surface area contributed by atoms with E-state index >= 15 is 0 Å². The average molecular weight is 323 g/mol. The molecule has 122 valence electrons. The summed E-state index contributed by atoms with van der Waals surface area (Å²) in [5.74, 6) is 1.54. The number of halogens is 1. The molecule has 4 heteroatoms. The van der Waals surface area contributed by atoms with Crippen LogP contribution in [0.5, 0.6) is 0 Å². The topological polar surface area (TPSA) is 38.0 Å². The molecule has 1 atom stereocenters. The van der Waals surface area contributed by atoms with Crippen LogP contribution in [-0.4, -0.2) is 20.5 Å². The van der Waals surface area contributed by atoms with Gasteiger partial charge in [0, 0.05) is 24.8 Å². The van der Waals surface area contributed by atoms with E-state index < -0.39 is 6.10 Å². The summed E-state index contributed by atoms with van der Waals surface area (Å²) in [5.41, 5.74) is 0.886. The van der Waals surface area contributed by atoms with Crippen molar-refractivity contribution in [2.45, 2.75) is 52.2 Å². The van der Waals surface area contributed by atoms with Crippen molar-refractivity contribution in [3.8, 4) is 0 Å². The highest BCUT2D eigenvalue weighted by Gasteiger charge is 2.15. The predicted octanol–water partition coefficient (Wildman–Crippen LogP) is 4.79. The number of hydrogen-bond acceptors (Lipinski definition) is 2. The summed E-state index contributed by atoms with van der Waals surface area (Å²) in [6, 6.07) is 9.64. The maximum atomic E-state index is 10.3. The normalized spacial score (nSPS) is 11.6. The third kappa shape index (κ3) is 6.20. The fraction of sp³-hybridized carbons (Fsp3) is 0.500. The number of rotatable bonds is 7. The van der Waals surface area contributed by atoms with Crippen LogP contribution >= 0.6 is 11.6 Å². The van der Waals surface area contributed by atoms with Crippen LogP contribution in [0.25, 0.3) is 0 Å². The molecule has 1 aromatic carbocycles. The van der Waals surface area contributed by atoms with Gasteiger partial charge < -0.3 is 9.67 Å². The van der Waals surface area contributed by atoms with Gasteiger partial charge in [0.25, 0.3) is 0 Å². The number of aromatic nitrogens is 2. The summed E-state index contributed by atoms with van der Waals surface area (Å²) >= 11 is 5.30. The number of nitrogens with zero attached hydrogens (tertiary/aromatic N) is 2. The first kappa shape index (κ1) is 18.7. The summed E-state index contributed by atoms with van der Waals surface area (Å²) in [4.78, 5) is 4.26. The molecular formula is C18H27ClN2O. The molecule has 1 N–H and O–H groups in total. The third-order valence-electron chi connectivity index (χ3n) is 3.35. The molecule has 0 aliphatic rings. The van der Waals surface area contributed by atoms with E-state index in [2.05, 4.69) is 18.8 Å². The van der Waals surface area contributed by atoms with Gasteiger partial charge >= 0.3 is 0 Å². The third-order valence-corrected chi connectivity index (χ3v) is 3.61. The minimum Gasteiger partial charge on any atom is -0.380 e. The van der Waals surface area contributed by atoms with E-state index in [-0.39, 0.29) is 0 Å². The first-order valence-electron chi connectivity index (χ1n) is 8.04. The Hall–Kier alpha value is -1.32. The minimum absolute atomic E-state index is 0.636. The zero-order valence-electron chi connectivity index (χ0n) is 13.6. The van der Waals surface area contributed by atoms with Crippen molar-refractivity contribution in [1.82, 2.24) is 9.55 Å². The minimum atomic E-state index is -0.636. The van der Waals surface area contributed by atoms with Crippen LogP contribution in [-0.2, 0) is 6.54 Å². The first-order chi connectivity index (χ1) is 10.7. The van der Waals surface area contributed by atoms with Gasteiger partial charge in [-0.05, 0) is 18.4 Å². The van der Waals surface area contributed by atoms with Crippen molar-refractivity contribution in [3.05, 3.63) is 54.1 Å². The van der Waals surface area contributed by atoms with Gasteiger partial charge in [0.1, 0.15) is 11.9 Å². The van der Waals surface area contributed by atoms with E-state index in [0.29, 0.717) is 0 Å². The molecule has 2 rings (SSSR count). The second-order valence-electron chi connectivity index (χ2n) is 5.19. The van der Waals surface area contributed by atoms with Crippen LogP contribution in [0, 0.1) is 0 Å². The maximum absolute atomic E-state index is 10.3. The lowest BCUT2D eigenvalue weighted by molar-refractivity contribution is 0.204. The second kappa shape index (κ2) is 11.3. The van der Waals surface area contributed by atoms with Crippen LogP contribution in [0.4, 0.5) is 0 Å². The number of unbranched alkanes of at least 4 members (excludes halogenated alkanes) is 2. The average Bonchev–Trinajstić information content (AvgIpc) is 3.03. The Kier molecular flexibility index (Phi) is 9.60. The van der Waals surface area contributed by atoms with E-state index in [4.69, 9.17) is 11.6 Å². The van der Waals surface area contributed by atoms with Crippen LogP contribution in [0.1, 0.15) is 57.0 Å². The molecule has 0 amide bonds. The Morgan fingerprint density at radius 1 is 1.14 bits per heavy atom. The number of aryl methyl sites for hydroxylation is 1. The van der Waals surface area contributed by atoms with Crippen molar-refractivity contribution in [2.24, 2.45) is 0 Å². The molecule has 0 radical (unpaired) electrons. The summed E-state index contributed by atoms with van der Waals surface area (Å²) in [5, 5.41) is 10.3. The number of imidazole rings is 1. The van der Waals surface area contributed by atoms with Gasteiger partial charge in [0.15, 0.2) is 0 Å². The zero-order chi connectivity index (χ0) is 16.2. The Bertz CT molecular complexity index is 497. The molecule has 0 saturated heterocycles. The summed E-state index contributed by atoms with van der Waals surface area (Å²) in [7, 11) is 0. The molecule has 0 aliphatic carbocycles. The van der Waals surface area contributed by atoms with Crippen molar-refractivity contribution in [3.63, 3.8) is 0 Å². The van der Waals surface area contributed by atoms with Gasteiger partial charge in [-0.3, -0.25) is 0 Å². The van der Waals surface area contributed by atoms with Gasteiger partial charge in [0.2, 0.25) is 0 Å². The fourth-order valence-corrected chi connectivity index (χ4v) is 2.27. The molecule has 1 heterocycles. The summed E-state index contributed by atoms with van der Waals surface area (Å²) in [6.45, 7) is 5.20. The van der Waals surface area contributed by atoms with Gasteiger partial charge in [-0.15, -0.1) is 11.6 Å². The zero-order valence-corrected chi connectivity index (χ0v) is 14.3. The van der Waals surface area contributed by atoms with Crippen LogP contribution in [0.2, 0.25) is 0 Å². The molecule has 22 heavy (non-hydrogen) atoms. The van der Waals surface area contributed by atoms with Gasteiger partial charge in [0.05, 0.1) is 0 Å². The van der Waals surface area contributed by atoms with Crippen molar-refractivity contribution in [2.75, 3.05) is 5.88 Å². The Labute approximate surface area is 139 Å². The number of aliphatic hydroxyl groups excluding tert-OH is 1. The van der Waals surface area contributed by atoms with Crippen molar-refractivity contribution in [1.29, 1.82) is 0 Å². The Balaban J connectivity index is 0.000000422. The monoisotopic (exact) mass is 322 g/mol. The van der Waals surface area contributed by atoms with Crippen LogP contribution < -0.4 is 0 Å². The molecule has 0 spiro atoms. The largest absolute Gasteiger partial charge is 0.380 e. The summed E-state index contributed by atoms with van der Waals surface area (Å²) in [6.07, 6.45) is 7.64. The molecule has 0 saturated carbocycles. The predicted molar refractivity (Wildman–Crippen MR) is 93.3 cm³/mol. The highest BCUT2D eigenvalue weighted by atomic mass is 35.5. The number of aliphatic hydroxyl groups is 1. The molecule has 3 nitrogen and oxygen atoms in total. The molecule has 0 fully saturated rings. The molecule has 1 unspecified atom stereocenters. The highest BCUT2D eigenvalue weighted by molar-refractivity contribution is 6.17. The smallest absolute Gasteiger partial charge is 0.142 e. The molecule has 2 aromatic rings. The Morgan fingerprint density at radius 3 is 2.36 bits per heavy atom. The molecule has 0 aliphatic heterocycles. The van der Waals surface area contributed by atoms with Crippen LogP contribution in [0.3, 0.4) is 0 Å². The standard InChI is InChI=1S/C14H18N2O.C4H9Cl/c1-2-3-10-16-11-9-15-14(16)13(17)12-7-5-4-6-8-12;1-2-3-4-5/h4-9,11,13,17H,2-3,10H2,1H3;2-4H2,1H3. The van der Waals surface area contributed by atoms with Gasteiger partial charge in [-0.25, -0.2) is 4.98 Å². The van der Waals surface area contributed by atoms with Gasteiger partial charge in [-0.2, -0.15) is 0 Å². The molecular weight excluding hydrogens is 296 g/mol. The second-order valence-corrected chi connectivity index (χ2v) is 5.57. The SMILES string of the molecule is CCCCCl.CCCCn1ccnc1C(O)c1ccccc1. The highest BCUT2D eigenvalue weighted by Crippen LogP contribution is 2.20. The number of alkyl halides is 1. The van der Waals surface area contributed by atoms with Crippen molar-refractivity contribution >= 4 is 11.6 Å². The van der Waals surface area contributed by atoms with E-state index in [1.54, 1.807) is 6.20 Å². The van der Waals surface area contributed by atoms with Crippen LogP contribution in [0.15, 0.2) is 42.7 Å².